The van der Waals surface area contributed by atoms with Gasteiger partial charge in [0.25, 0.3) is 0 Å². The van der Waals surface area contributed by atoms with Gasteiger partial charge >= 0.3 is 0 Å². The number of hydrogen-bond donors (Lipinski definition) is 1. The lowest BCUT2D eigenvalue weighted by atomic mass is 9.88. The number of thiazole rings is 1. The van der Waals surface area contributed by atoms with Crippen LogP contribution in [0.2, 0.25) is 0 Å². The number of aryl methyl sites for hydroxylation is 1. The quantitative estimate of drug-likeness (QED) is 0.933. The summed E-state index contributed by atoms with van der Waals surface area (Å²) in [6.45, 7) is 2.68. The van der Waals surface area contributed by atoms with Gasteiger partial charge < -0.3 is 9.84 Å². The maximum absolute atomic E-state index is 10.4. The molecule has 100 valence electrons. The molecule has 3 rings (SSSR count). The van der Waals surface area contributed by atoms with Crippen LogP contribution in [0.25, 0.3) is 0 Å². The van der Waals surface area contributed by atoms with Gasteiger partial charge in [-0.1, -0.05) is 18.2 Å². The molecular weight excluding hydrogens is 258 g/mol. The fourth-order valence-corrected chi connectivity index (χ4v) is 3.47. The Morgan fingerprint density at radius 3 is 3.11 bits per heavy atom. The highest BCUT2D eigenvalue weighted by atomic mass is 32.1. The molecule has 0 bridgehead atoms. The van der Waals surface area contributed by atoms with E-state index in [1.54, 1.807) is 5.51 Å². The Morgan fingerprint density at radius 2 is 2.32 bits per heavy atom. The van der Waals surface area contributed by atoms with Crippen molar-refractivity contribution in [2.45, 2.75) is 31.8 Å². The highest BCUT2D eigenvalue weighted by Crippen LogP contribution is 2.39. The lowest BCUT2D eigenvalue weighted by Crippen LogP contribution is -2.16. The fourth-order valence-electron chi connectivity index (χ4n) is 2.67. The summed E-state index contributed by atoms with van der Waals surface area (Å²) in [4.78, 5) is 5.20. The monoisotopic (exact) mass is 275 g/mol. The summed E-state index contributed by atoms with van der Waals surface area (Å²) in [5.41, 5.74) is 3.96. The largest absolute Gasteiger partial charge is 0.493 e. The van der Waals surface area contributed by atoms with Crippen LogP contribution in [0.15, 0.2) is 29.8 Å². The fraction of sp³-hybridized carbons (Fsp3) is 0.400. The van der Waals surface area contributed by atoms with Crippen LogP contribution in [-0.4, -0.2) is 16.7 Å². The molecule has 3 nitrogen and oxygen atoms in total. The molecule has 1 aliphatic rings. The zero-order chi connectivity index (χ0) is 13.2. The third-order valence-electron chi connectivity index (χ3n) is 3.68. The number of aliphatic hydroxyl groups excluding tert-OH is 1. The van der Waals surface area contributed by atoms with Gasteiger partial charge in [-0.05, 0) is 37.3 Å². The van der Waals surface area contributed by atoms with Crippen molar-refractivity contribution in [3.8, 4) is 5.75 Å². The minimum Gasteiger partial charge on any atom is -0.493 e. The van der Waals surface area contributed by atoms with E-state index in [2.05, 4.69) is 11.1 Å². The summed E-state index contributed by atoms with van der Waals surface area (Å²) in [7, 11) is 0. The highest BCUT2D eigenvalue weighted by Gasteiger charge is 2.25. The van der Waals surface area contributed by atoms with Gasteiger partial charge in [-0.2, -0.15) is 0 Å². The van der Waals surface area contributed by atoms with Crippen molar-refractivity contribution in [1.29, 1.82) is 0 Å². The van der Waals surface area contributed by atoms with Crippen molar-refractivity contribution < 1.29 is 9.84 Å². The van der Waals surface area contributed by atoms with Crippen LogP contribution in [0.3, 0.4) is 0 Å². The van der Waals surface area contributed by atoms with E-state index in [9.17, 15) is 5.11 Å². The van der Waals surface area contributed by atoms with E-state index in [1.165, 1.54) is 16.9 Å². The maximum Gasteiger partial charge on any atom is 0.122 e. The maximum atomic E-state index is 10.4. The minimum atomic E-state index is -0.427. The lowest BCUT2D eigenvalue weighted by molar-refractivity contribution is 0.147. The number of benzene rings is 1. The summed E-state index contributed by atoms with van der Waals surface area (Å²) in [5.74, 6) is 1.33. The number of aliphatic hydroxyl groups is 1. The van der Waals surface area contributed by atoms with Crippen molar-refractivity contribution in [1.82, 2.24) is 4.98 Å². The van der Waals surface area contributed by atoms with Crippen molar-refractivity contribution in [3.05, 3.63) is 45.9 Å². The van der Waals surface area contributed by atoms with E-state index < -0.39 is 6.10 Å². The van der Waals surface area contributed by atoms with Crippen molar-refractivity contribution in [2.75, 3.05) is 6.61 Å². The molecule has 0 saturated carbocycles. The summed E-state index contributed by atoms with van der Waals surface area (Å²) >= 11 is 1.54. The first-order chi connectivity index (χ1) is 9.25. The molecule has 1 aliphatic heterocycles. The summed E-state index contributed by atoms with van der Waals surface area (Å²) < 4.78 is 5.66. The predicted octanol–water partition coefficient (Wildman–Crippen LogP) is 3.44. The van der Waals surface area contributed by atoms with Gasteiger partial charge in [0.05, 0.1) is 28.8 Å². The molecule has 1 aromatic carbocycles. The zero-order valence-electron chi connectivity index (χ0n) is 10.9. The molecule has 0 aliphatic carbocycles. The number of aromatic nitrogens is 1. The van der Waals surface area contributed by atoms with E-state index in [4.69, 9.17) is 4.74 Å². The molecule has 2 heterocycles. The van der Waals surface area contributed by atoms with Crippen LogP contribution in [0.1, 0.15) is 41.0 Å². The average molecular weight is 275 g/mol. The van der Waals surface area contributed by atoms with Crippen LogP contribution < -0.4 is 4.74 Å². The Kier molecular flexibility index (Phi) is 3.53. The van der Waals surface area contributed by atoms with Gasteiger partial charge in [-0.15, -0.1) is 11.3 Å². The number of hydrogen-bond acceptors (Lipinski definition) is 4. The van der Waals surface area contributed by atoms with E-state index >= 15 is 0 Å². The topological polar surface area (TPSA) is 42.4 Å². The van der Waals surface area contributed by atoms with Crippen molar-refractivity contribution in [2.24, 2.45) is 0 Å². The van der Waals surface area contributed by atoms with E-state index in [0.717, 1.165) is 35.8 Å². The first kappa shape index (κ1) is 12.6. The van der Waals surface area contributed by atoms with Crippen LogP contribution in [0, 0.1) is 6.92 Å². The number of ether oxygens (including phenoxy) is 1. The molecule has 19 heavy (non-hydrogen) atoms. The molecule has 0 spiro atoms. The van der Waals surface area contributed by atoms with Crippen molar-refractivity contribution in [3.63, 3.8) is 0 Å². The molecule has 0 saturated heterocycles. The van der Waals surface area contributed by atoms with Gasteiger partial charge in [0.15, 0.2) is 0 Å². The van der Waals surface area contributed by atoms with Gasteiger partial charge in [0.1, 0.15) is 5.75 Å². The molecule has 4 heteroatoms. The summed E-state index contributed by atoms with van der Waals surface area (Å²) in [5, 5.41) is 10.4. The number of para-hydroxylation sites is 1. The predicted molar refractivity (Wildman–Crippen MR) is 75.7 cm³/mol. The van der Waals surface area contributed by atoms with Gasteiger partial charge in [0.2, 0.25) is 0 Å². The van der Waals surface area contributed by atoms with E-state index in [0.29, 0.717) is 5.92 Å². The SMILES string of the molecule is Cc1ncsc1C(O)CC1CCOc2ccccc21. The number of nitrogens with zero attached hydrogens (tertiary/aromatic N) is 1. The molecule has 2 aromatic rings. The van der Waals surface area contributed by atoms with Crippen molar-refractivity contribution >= 4 is 11.3 Å². The Bertz CT molecular complexity index is 567. The zero-order valence-corrected chi connectivity index (χ0v) is 11.7. The standard InChI is InChI=1S/C15H17NO2S/c1-10-15(19-9-16-10)13(17)8-11-6-7-18-14-5-3-2-4-12(11)14/h2-5,9,11,13,17H,6-8H2,1H3. The molecule has 2 unspecified atom stereocenters. The molecule has 0 amide bonds. The van der Waals surface area contributed by atoms with E-state index in [1.807, 2.05) is 25.1 Å². The third-order valence-corrected chi connectivity index (χ3v) is 4.71. The number of fused-ring (bicyclic) bond motifs is 1. The summed E-state index contributed by atoms with van der Waals surface area (Å²) in [6, 6.07) is 8.13. The molecule has 1 aromatic heterocycles. The lowest BCUT2D eigenvalue weighted by Gasteiger charge is -2.27. The average Bonchev–Trinajstić information content (AvgIpc) is 2.85. The molecule has 2 atom stereocenters. The van der Waals surface area contributed by atoms with Gasteiger partial charge in [-0.3, -0.25) is 0 Å². The Balaban J connectivity index is 1.80. The molecule has 0 fully saturated rings. The second-order valence-electron chi connectivity index (χ2n) is 4.93. The smallest absolute Gasteiger partial charge is 0.122 e. The summed E-state index contributed by atoms with van der Waals surface area (Å²) in [6.07, 6.45) is 1.28. The van der Waals surface area contributed by atoms with Gasteiger partial charge in [0, 0.05) is 0 Å². The molecular formula is C15H17NO2S. The first-order valence-corrected chi connectivity index (χ1v) is 7.43. The Hall–Kier alpha value is -1.39. The highest BCUT2D eigenvalue weighted by molar-refractivity contribution is 7.09. The van der Waals surface area contributed by atoms with Crippen LogP contribution in [-0.2, 0) is 0 Å². The number of rotatable bonds is 3. The van der Waals surface area contributed by atoms with Crippen LogP contribution in [0.5, 0.6) is 5.75 Å². The Morgan fingerprint density at radius 1 is 1.47 bits per heavy atom. The second-order valence-corrected chi connectivity index (χ2v) is 5.81. The Labute approximate surface area is 116 Å². The molecule has 0 radical (unpaired) electrons. The van der Waals surface area contributed by atoms with Crippen LogP contribution in [0.4, 0.5) is 0 Å². The first-order valence-electron chi connectivity index (χ1n) is 6.55. The molecule has 1 N–H and O–H groups in total. The minimum absolute atomic E-state index is 0.362. The van der Waals surface area contributed by atoms with Gasteiger partial charge in [-0.25, -0.2) is 4.98 Å². The van der Waals surface area contributed by atoms with E-state index in [-0.39, 0.29) is 0 Å². The third kappa shape index (κ3) is 2.51. The van der Waals surface area contributed by atoms with Crippen LogP contribution >= 0.6 is 11.3 Å². The second kappa shape index (κ2) is 5.31. The normalized spacial score (nSPS) is 19.6.